The van der Waals surface area contributed by atoms with E-state index in [-0.39, 0.29) is 11.9 Å². The van der Waals surface area contributed by atoms with Gasteiger partial charge in [0.2, 0.25) is 0 Å². The van der Waals surface area contributed by atoms with Crippen LogP contribution in [0.3, 0.4) is 0 Å². The van der Waals surface area contributed by atoms with Crippen LogP contribution in [0.1, 0.15) is 25.5 Å². The van der Waals surface area contributed by atoms with Crippen LogP contribution in [0.5, 0.6) is 0 Å². The number of aromatic nitrogens is 1. The van der Waals surface area contributed by atoms with Crippen molar-refractivity contribution in [1.29, 1.82) is 0 Å². The van der Waals surface area contributed by atoms with Crippen LogP contribution >= 0.6 is 0 Å². The predicted molar refractivity (Wildman–Crippen MR) is 62.4 cm³/mol. The molecule has 0 spiro atoms. The Morgan fingerprint density at radius 3 is 2.94 bits per heavy atom. The summed E-state index contributed by atoms with van der Waals surface area (Å²) in [6.45, 7) is 8.04. The molecule has 0 aliphatic rings. The molecule has 0 unspecified atom stereocenters. The van der Waals surface area contributed by atoms with Crippen LogP contribution in [0.15, 0.2) is 23.2 Å². The molecule has 5 nitrogen and oxygen atoms in total. The van der Waals surface area contributed by atoms with E-state index in [1.54, 1.807) is 19.2 Å². The minimum atomic E-state index is -0.233. The summed E-state index contributed by atoms with van der Waals surface area (Å²) >= 11 is 0. The van der Waals surface area contributed by atoms with Gasteiger partial charge in [-0.05, 0) is 0 Å². The van der Waals surface area contributed by atoms with Gasteiger partial charge in [0.1, 0.15) is 5.76 Å². The molecule has 1 aromatic heterocycles. The number of carbonyl (C=O) groups is 1. The molecule has 1 aromatic rings. The zero-order valence-corrected chi connectivity index (χ0v) is 9.86. The Balaban J connectivity index is 2.59. The maximum Gasteiger partial charge on any atom is 0.323 e. The first-order valence-corrected chi connectivity index (χ1v) is 5.14. The molecule has 2 amide bonds. The number of urea groups is 1. The summed E-state index contributed by atoms with van der Waals surface area (Å²) < 4.78 is 5.06. The van der Waals surface area contributed by atoms with Crippen LogP contribution in [-0.2, 0) is 0 Å². The lowest BCUT2D eigenvalue weighted by atomic mass is 10.2. The van der Waals surface area contributed by atoms with Gasteiger partial charge in [-0.2, -0.15) is 0 Å². The number of hydrogen-bond acceptors (Lipinski definition) is 3. The van der Waals surface area contributed by atoms with Gasteiger partial charge in [-0.15, -0.1) is 6.58 Å². The van der Waals surface area contributed by atoms with Gasteiger partial charge >= 0.3 is 6.03 Å². The number of nitrogens with one attached hydrogen (secondary N) is 1. The number of anilines is 1. The lowest BCUT2D eigenvalue weighted by Gasteiger charge is -2.13. The Morgan fingerprint density at radius 1 is 1.75 bits per heavy atom. The third kappa shape index (κ3) is 3.12. The highest BCUT2D eigenvalue weighted by Crippen LogP contribution is 2.17. The SMILES string of the molecule is C=CCN(C)C(=O)Nc1cc(C(C)C)on1. The third-order valence-electron chi connectivity index (χ3n) is 2.08. The summed E-state index contributed by atoms with van der Waals surface area (Å²) in [7, 11) is 1.68. The lowest BCUT2D eigenvalue weighted by Crippen LogP contribution is -2.31. The van der Waals surface area contributed by atoms with E-state index in [9.17, 15) is 4.79 Å². The van der Waals surface area contributed by atoms with E-state index >= 15 is 0 Å². The molecule has 1 rings (SSSR count). The quantitative estimate of drug-likeness (QED) is 0.797. The van der Waals surface area contributed by atoms with Crippen LogP contribution in [-0.4, -0.2) is 29.7 Å². The van der Waals surface area contributed by atoms with Crippen molar-refractivity contribution in [2.45, 2.75) is 19.8 Å². The number of nitrogens with zero attached hydrogens (tertiary/aromatic N) is 2. The number of likely N-dealkylation sites (N-methyl/N-ethyl adjacent to an activating group) is 1. The molecule has 0 bridgehead atoms. The van der Waals surface area contributed by atoms with E-state index in [1.807, 2.05) is 13.8 Å². The van der Waals surface area contributed by atoms with Crippen molar-refractivity contribution in [1.82, 2.24) is 10.1 Å². The van der Waals surface area contributed by atoms with E-state index < -0.39 is 0 Å². The van der Waals surface area contributed by atoms with Crippen molar-refractivity contribution in [3.05, 3.63) is 24.5 Å². The highest BCUT2D eigenvalue weighted by atomic mass is 16.5. The zero-order valence-electron chi connectivity index (χ0n) is 9.86. The van der Waals surface area contributed by atoms with Gasteiger partial charge in [0, 0.05) is 25.6 Å². The first kappa shape index (κ1) is 12.3. The highest BCUT2D eigenvalue weighted by molar-refractivity contribution is 5.88. The van der Waals surface area contributed by atoms with Gasteiger partial charge in [-0.3, -0.25) is 5.32 Å². The smallest absolute Gasteiger partial charge is 0.323 e. The molecule has 0 aromatic carbocycles. The van der Waals surface area contributed by atoms with E-state index in [0.29, 0.717) is 12.4 Å². The summed E-state index contributed by atoms with van der Waals surface area (Å²) in [6, 6.07) is 1.49. The van der Waals surface area contributed by atoms with Gasteiger partial charge in [-0.1, -0.05) is 25.1 Å². The first-order valence-electron chi connectivity index (χ1n) is 5.14. The zero-order chi connectivity index (χ0) is 12.1. The normalized spacial score (nSPS) is 10.2. The molecule has 0 radical (unpaired) electrons. The van der Waals surface area contributed by atoms with Gasteiger partial charge in [-0.25, -0.2) is 4.79 Å². The van der Waals surface area contributed by atoms with Gasteiger partial charge in [0.15, 0.2) is 5.82 Å². The van der Waals surface area contributed by atoms with Crippen LogP contribution in [0, 0.1) is 0 Å². The molecule has 16 heavy (non-hydrogen) atoms. The van der Waals surface area contributed by atoms with Gasteiger partial charge in [0.05, 0.1) is 0 Å². The van der Waals surface area contributed by atoms with Crippen molar-refractivity contribution < 1.29 is 9.32 Å². The van der Waals surface area contributed by atoms with Gasteiger partial charge < -0.3 is 9.42 Å². The molecule has 1 heterocycles. The fourth-order valence-electron chi connectivity index (χ4n) is 1.10. The molecule has 0 fully saturated rings. The summed E-state index contributed by atoms with van der Waals surface area (Å²) in [6.07, 6.45) is 1.65. The highest BCUT2D eigenvalue weighted by Gasteiger charge is 2.12. The van der Waals surface area contributed by atoms with Crippen LogP contribution in [0.25, 0.3) is 0 Å². The largest absolute Gasteiger partial charge is 0.359 e. The Hall–Kier alpha value is -1.78. The number of carbonyl (C=O) groups excluding carboxylic acids is 1. The second-order valence-electron chi connectivity index (χ2n) is 3.87. The summed E-state index contributed by atoms with van der Waals surface area (Å²) in [4.78, 5) is 13.1. The van der Waals surface area contributed by atoms with Crippen molar-refractivity contribution in [3.8, 4) is 0 Å². The molecule has 0 aliphatic heterocycles. The summed E-state index contributed by atoms with van der Waals surface area (Å²) in [5.74, 6) is 1.44. The second-order valence-corrected chi connectivity index (χ2v) is 3.87. The second kappa shape index (κ2) is 5.34. The molecular weight excluding hydrogens is 206 g/mol. The van der Waals surface area contributed by atoms with Crippen molar-refractivity contribution in [3.63, 3.8) is 0 Å². The minimum absolute atomic E-state index is 0.233. The average Bonchev–Trinajstić information content (AvgIpc) is 2.66. The fourth-order valence-corrected chi connectivity index (χ4v) is 1.10. The maximum absolute atomic E-state index is 11.6. The molecule has 0 saturated carbocycles. The Morgan fingerprint density at radius 2 is 2.44 bits per heavy atom. The molecular formula is C11H17N3O2. The van der Waals surface area contributed by atoms with E-state index in [0.717, 1.165) is 5.76 Å². The number of amides is 2. The van der Waals surface area contributed by atoms with Gasteiger partial charge in [0.25, 0.3) is 0 Å². The minimum Gasteiger partial charge on any atom is -0.359 e. The maximum atomic E-state index is 11.6. The van der Waals surface area contributed by atoms with Crippen LogP contribution in [0.4, 0.5) is 10.6 Å². The molecule has 0 aliphatic carbocycles. The standard InChI is InChI=1S/C11H17N3O2/c1-5-6-14(4)11(15)12-10-7-9(8(2)3)16-13-10/h5,7-8H,1,6H2,2-4H3,(H,12,13,15). The Kier molecular flexibility index (Phi) is 4.10. The molecule has 88 valence electrons. The van der Waals surface area contributed by atoms with Crippen molar-refractivity contribution in [2.24, 2.45) is 0 Å². The Bertz CT molecular complexity index is 371. The van der Waals surface area contributed by atoms with E-state index in [4.69, 9.17) is 4.52 Å². The fraction of sp³-hybridized carbons (Fsp3) is 0.455. The third-order valence-corrected chi connectivity index (χ3v) is 2.08. The number of hydrogen-bond donors (Lipinski definition) is 1. The summed E-state index contributed by atoms with van der Waals surface area (Å²) in [5.41, 5.74) is 0. The Labute approximate surface area is 95.1 Å². The van der Waals surface area contributed by atoms with Crippen molar-refractivity contribution in [2.75, 3.05) is 18.9 Å². The van der Waals surface area contributed by atoms with E-state index in [1.165, 1.54) is 4.90 Å². The molecule has 5 heteroatoms. The molecule has 0 saturated heterocycles. The van der Waals surface area contributed by atoms with Crippen LogP contribution < -0.4 is 5.32 Å². The lowest BCUT2D eigenvalue weighted by molar-refractivity contribution is 0.226. The average molecular weight is 223 g/mol. The van der Waals surface area contributed by atoms with Crippen molar-refractivity contribution >= 4 is 11.8 Å². The summed E-state index contributed by atoms with van der Waals surface area (Å²) in [5, 5.41) is 6.40. The molecule has 1 N–H and O–H groups in total. The van der Waals surface area contributed by atoms with E-state index in [2.05, 4.69) is 17.1 Å². The van der Waals surface area contributed by atoms with Crippen LogP contribution in [0.2, 0.25) is 0 Å². The predicted octanol–water partition coefficient (Wildman–Crippen LogP) is 2.45. The first-order chi connectivity index (χ1) is 7.54. The number of rotatable bonds is 4. The molecule has 0 atom stereocenters. The monoisotopic (exact) mass is 223 g/mol. The topological polar surface area (TPSA) is 58.4 Å².